The average Bonchev–Trinajstić information content (AvgIpc) is 3.10. The first-order chi connectivity index (χ1) is 12.6. The van der Waals surface area contributed by atoms with Gasteiger partial charge in [-0.1, -0.05) is 37.3 Å². The number of benzene rings is 1. The molecular formula is C20H24N2O4. The van der Waals surface area contributed by atoms with Crippen molar-refractivity contribution < 1.29 is 18.7 Å². The molecule has 1 aromatic heterocycles. The standard InChI is InChI=1S/C20H24N2O4/c1-3-16-14-21(20(24)17-9-10-19(25-2)26-17)12-11-18(23)22(16)13-15-7-5-4-6-8-15/h4-10,16H,3,11-14H2,1-2H3/t16-/m0/s1. The fourth-order valence-electron chi connectivity index (χ4n) is 3.25. The zero-order chi connectivity index (χ0) is 18.5. The Morgan fingerprint density at radius 3 is 2.65 bits per heavy atom. The third-order valence-electron chi connectivity index (χ3n) is 4.74. The van der Waals surface area contributed by atoms with E-state index in [1.807, 2.05) is 42.2 Å². The molecule has 0 radical (unpaired) electrons. The lowest BCUT2D eigenvalue weighted by Crippen LogP contribution is -2.43. The molecule has 2 amide bonds. The molecule has 0 spiro atoms. The molecule has 26 heavy (non-hydrogen) atoms. The molecule has 0 unspecified atom stereocenters. The molecule has 138 valence electrons. The minimum atomic E-state index is -0.207. The van der Waals surface area contributed by atoms with Crippen molar-refractivity contribution in [3.63, 3.8) is 0 Å². The zero-order valence-electron chi connectivity index (χ0n) is 15.2. The second-order valence-corrected chi connectivity index (χ2v) is 6.39. The molecule has 0 N–H and O–H groups in total. The lowest BCUT2D eigenvalue weighted by molar-refractivity contribution is -0.133. The molecule has 1 aromatic carbocycles. The number of ether oxygens (including phenoxy) is 1. The Bertz CT molecular complexity index is 756. The van der Waals surface area contributed by atoms with Gasteiger partial charge in [-0.3, -0.25) is 9.59 Å². The summed E-state index contributed by atoms with van der Waals surface area (Å²) in [6, 6.07) is 13.1. The molecule has 6 heteroatoms. The van der Waals surface area contributed by atoms with Gasteiger partial charge in [-0.15, -0.1) is 0 Å². The van der Waals surface area contributed by atoms with Crippen LogP contribution in [0.15, 0.2) is 46.9 Å². The van der Waals surface area contributed by atoms with Gasteiger partial charge >= 0.3 is 0 Å². The van der Waals surface area contributed by atoms with E-state index in [9.17, 15) is 9.59 Å². The van der Waals surface area contributed by atoms with Crippen molar-refractivity contribution in [3.05, 3.63) is 53.8 Å². The Morgan fingerprint density at radius 2 is 2.00 bits per heavy atom. The smallest absolute Gasteiger partial charge is 0.289 e. The Kier molecular flexibility index (Phi) is 5.61. The van der Waals surface area contributed by atoms with E-state index < -0.39 is 0 Å². The fourth-order valence-corrected chi connectivity index (χ4v) is 3.25. The first kappa shape index (κ1) is 18.0. The number of hydrogen-bond donors (Lipinski definition) is 0. The number of amides is 2. The van der Waals surface area contributed by atoms with Gasteiger partial charge in [-0.05, 0) is 18.1 Å². The summed E-state index contributed by atoms with van der Waals surface area (Å²) in [4.78, 5) is 29.0. The van der Waals surface area contributed by atoms with Gasteiger partial charge in [0.1, 0.15) is 0 Å². The summed E-state index contributed by atoms with van der Waals surface area (Å²) in [5, 5.41) is 0. The number of carbonyl (C=O) groups is 2. The predicted octanol–water partition coefficient (Wildman–Crippen LogP) is 2.94. The van der Waals surface area contributed by atoms with Crippen LogP contribution < -0.4 is 4.74 Å². The monoisotopic (exact) mass is 356 g/mol. The van der Waals surface area contributed by atoms with Crippen LogP contribution in [0.5, 0.6) is 5.95 Å². The molecule has 0 bridgehead atoms. The lowest BCUT2D eigenvalue weighted by atomic mass is 10.1. The van der Waals surface area contributed by atoms with Gasteiger partial charge < -0.3 is 19.0 Å². The van der Waals surface area contributed by atoms with E-state index in [4.69, 9.17) is 9.15 Å². The minimum absolute atomic E-state index is 0.0222. The molecule has 1 atom stereocenters. The van der Waals surface area contributed by atoms with Crippen LogP contribution in [-0.4, -0.2) is 47.9 Å². The summed E-state index contributed by atoms with van der Waals surface area (Å²) in [5.74, 6) is 0.409. The summed E-state index contributed by atoms with van der Waals surface area (Å²) >= 11 is 0. The van der Waals surface area contributed by atoms with E-state index in [1.165, 1.54) is 7.11 Å². The van der Waals surface area contributed by atoms with Crippen LogP contribution in [-0.2, 0) is 11.3 Å². The number of hydrogen-bond acceptors (Lipinski definition) is 4. The highest BCUT2D eigenvalue weighted by atomic mass is 16.6. The summed E-state index contributed by atoms with van der Waals surface area (Å²) in [5.41, 5.74) is 1.09. The van der Waals surface area contributed by atoms with Gasteiger partial charge in [-0.2, -0.15) is 0 Å². The van der Waals surface area contributed by atoms with Crippen molar-refractivity contribution in [3.8, 4) is 5.95 Å². The van der Waals surface area contributed by atoms with E-state index in [1.54, 1.807) is 17.0 Å². The molecule has 0 saturated carbocycles. The molecule has 0 aliphatic carbocycles. The highest BCUT2D eigenvalue weighted by Crippen LogP contribution is 2.21. The molecule has 1 saturated heterocycles. The zero-order valence-corrected chi connectivity index (χ0v) is 15.2. The Morgan fingerprint density at radius 1 is 1.23 bits per heavy atom. The van der Waals surface area contributed by atoms with E-state index in [2.05, 4.69) is 0 Å². The van der Waals surface area contributed by atoms with Gasteiger partial charge in [0.05, 0.1) is 7.11 Å². The van der Waals surface area contributed by atoms with Gasteiger partial charge in [-0.25, -0.2) is 0 Å². The van der Waals surface area contributed by atoms with Crippen LogP contribution in [0.1, 0.15) is 35.9 Å². The number of furan rings is 1. The van der Waals surface area contributed by atoms with Crippen LogP contribution in [0.2, 0.25) is 0 Å². The molecule has 2 heterocycles. The molecule has 1 aliphatic heterocycles. The van der Waals surface area contributed by atoms with Crippen molar-refractivity contribution >= 4 is 11.8 Å². The second-order valence-electron chi connectivity index (χ2n) is 6.39. The maximum Gasteiger partial charge on any atom is 0.289 e. The fraction of sp³-hybridized carbons (Fsp3) is 0.400. The normalized spacial score (nSPS) is 17.9. The Balaban J connectivity index is 1.76. The van der Waals surface area contributed by atoms with Gasteiger partial charge in [0, 0.05) is 38.2 Å². The van der Waals surface area contributed by atoms with Gasteiger partial charge in [0.15, 0.2) is 5.76 Å². The molecular weight excluding hydrogens is 332 g/mol. The van der Waals surface area contributed by atoms with Crippen molar-refractivity contribution in [1.29, 1.82) is 0 Å². The van der Waals surface area contributed by atoms with E-state index in [-0.39, 0.29) is 23.6 Å². The van der Waals surface area contributed by atoms with Crippen LogP contribution in [0.25, 0.3) is 0 Å². The maximum atomic E-state index is 12.8. The number of rotatable bonds is 5. The Labute approximate surface area is 153 Å². The van der Waals surface area contributed by atoms with Gasteiger partial charge in [0.2, 0.25) is 5.91 Å². The molecule has 6 nitrogen and oxygen atoms in total. The van der Waals surface area contributed by atoms with Crippen molar-refractivity contribution in [2.75, 3.05) is 20.2 Å². The van der Waals surface area contributed by atoms with Crippen molar-refractivity contribution in [2.45, 2.75) is 32.4 Å². The topological polar surface area (TPSA) is 63.0 Å². The summed E-state index contributed by atoms with van der Waals surface area (Å²) < 4.78 is 10.4. The van der Waals surface area contributed by atoms with E-state index in [0.717, 1.165) is 12.0 Å². The lowest BCUT2D eigenvalue weighted by Gasteiger charge is -2.31. The molecule has 1 aliphatic rings. The van der Waals surface area contributed by atoms with Crippen molar-refractivity contribution in [2.24, 2.45) is 0 Å². The minimum Gasteiger partial charge on any atom is -0.468 e. The number of nitrogens with zero attached hydrogens (tertiary/aromatic N) is 2. The SMILES string of the molecule is CC[C@H]1CN(C(=O)c2ccc(OC)o2)CCC(=O)N1Cc1ccccc1. The van der Waals surface area contributed by atoms with Crippen LogP contribution >= 0.6 is 0 Å². The highest BCUT2D eigenvalue weighted by Gasteiger charge is 2.32. The summed E-state index contributed by atoms with van der Waals surface area (Å²) in [6.45, 7) is 3.49. The van der Waals surface area contributed by atoms with Crippen LogP contribution in [0.4, 0.5) is 0 Å². The second kappa shape index (κ2) is 8.08. The number of carbonyl (C=O) groups excluding carboxylic acids is 2. The third-order valence-corrected chi connectivity index (χ3v) is 4.74. The average molecular weight is 356 g/mol. The van der Waals surface area contributed by atoms with E-state index in [0.29, 0.717) is 32.0 Å². The summed E-state index contributed by atoms with van der Waals surface area (Å²) in [7, 11) is 1.49. The third kappa shape index (κ3) is 3.90. The van der Waals surface area contributed by atoms with Crippen LogP contribution in [0, 0.1) is 0 Å². The quantitative estimate of drug-likeness (QED) is 0.826. The summed E-state index contributed by atoms with van der Waals surface area (Å²) in [6.07, 6.45) is 1.09. The van der Waals surface area contributed by atoms with Crippen LogP contribution in [0.3, 0.4) is 0 Å². The Hall–Kier alpha value is -2.76. The molecule has 2 aromatic rings. The number of methoxy groups -OCH3 is 1. The molecule has 1 fully saturated rings. The van der Waals surface area contributed by atoms with Crippen molar-refractivity contribution in [1.82, 2.24) is 9.80 Å². The van der Waals surface area contributed by atoms with E-state index >= 15 is 0 Å². The molecule has 3 rings (SSSR count). The van der Waals surface area contributed by atoms with Gasteiger partial charge in [0.25, 0.3) is 11.9 Å². The highest BCUT2D eigenvalue weighted by molar-refractivity contribution is 5.92. The largest absolute Gasteiger partial charge is 0.468 e. The predicted molar refractivity (Wildman–Crippen MR) is 96.9 cm³/mol. The maximum absolute atomic E-state index is 12.8. The first-order valence-electron chi connectivity index (χ1n) is 8.89. The first-order valence-corrected chi connectivity index (χ1v) is 8.89.